The van der Waals surface area contributed by atoms with Crippen LogP contribution < -0.4 is 10.6 Å². The molecule has 1 aliphatic rings. The van der Waals surface area contributed by atoms with Crippen molar-refractivity contribution >= 4 is 6.03 Å². The van der Waals surface area contributed by atoms with Crippen LogP contribution >= 0.6 is 0 Å². The highest BCUT2D eigenvalue weighted by atomic mass is 16.3. The molecule has 4 N–H and O–H groups in total. The summed E-state index contributed by atoms with van der Waals surface area (Å²) in [5.74, 6) is 0.490. The van der Waals surface area contributed by atoms with E-state index in [1.807, 2.05) is 13.8 Å². The van der Waals surface area contributed by atoms with Gasteiger partial charge in [0.05, 0.1) is 5.69 Å². The summed E-state index contributed by atoms with van der Waals surface area (Å²) in [5.41, 5.74) is 2.93. The Balaban J connectivity index is 1.85. The summed E-state index contributed by atoms with van der Waals surface area (Å²) in [4.78, 5) is 12.2. The lowest BCUT2D eigenvalue weighted by molar-refractivity contribution is 0.196. The third-order valence-corrected chi connectivity index (χ3v) is 4.68. The van der Waals surface area contributed by atoms with Crippen molar-refractivity contribution in [3.05, 3.63) is 17.0 Å². The van der Waals surface area contributed by atoms with Gasteiger partial charge >= 0.3 is 6.03 Å². The quantitative estimate of drug-likeness (QED) is 0.649. The first-order valence-electron chi connectivity index (χ1n) is 8.27. The number of carbonyl (C=O) groups excluding carboxylic acids is 1. The molecule has 6 nitrogen and oxygen atoms in total. The molecule has 1 saturated carbocycles. The molecule has 0 spiro atoms. The SMILES string of the molecule is Cc1n[nH]c(C)c1CNC(=O)NC(CCO)C1CCCCC1. The van der Waals surface area contributed by atoms with Gasteiger partial charge in [-0.3, -0.25) is 5.10 Å². The normalized spacial score (nSPS) is 17.2. The first-order valence-corrected chi connectivity index (χ1v) is 8.27. The molecule has 1 atom stereocenters. The van der Waals surface area contributed by atoms with Crippen molar-refractivity contribution in [3.8, 4) is 0 Å². The Morgan fingerprint density at radius 3 is 2.68 bits per heavy atom. The zero-order valence-corrected chi connectivity index (χ0v) is 13.6. The van der Waals surface area contributed by atoms with Crippen molar-refractivity contribution in [3.63, 3.8) is 0 Å². The summed E-state index contributed by atoms with van der Waals surface area (Å²) in [6, 6.07) is -0.0964. The van der Waals surface area contributed by atoms with E-state index in [0.29, 0.717) is 18.9 Å². The Morgan fingerprint density at radius 2 is 2.09 bits per heavy atom. The second-order valence-electron chi connectivity index (χ2n) is 6.26. The van der Waals surface area contributed by atoms with E-state index in [-0.39, 0.29) is 18.7 Å². The van der Waals surface area contributed by atoms with Gasteiger partial charge in [-0.2, -0.15) is 5.10 Å². The number of H-pyrrole nitrogens is 1. The van der Waals surface area contributed by atoms with E-state index in [0.717, 1.165) is 29.8 Å². The lowest BCUT2D eigenvalue weighted by Gasteiger charge is -2.30. The van der Waals surface area contributed by atoms with Gasteiger partial charge in [-0.05, 0) is 39.0 Å². The van der Waals surface area contributed by atoms with Crippen LogP contribution in [0.1, 0.15) is 55.5 Å². The molecular weight excluding hydrogens is 280 g/mol. The number of nitrogens with zero attached hydrogens (tertiary/aromatic N) is 1. The first kappa shape index (κ1) is 16.8. The predicted molar refractivity (Wildman–Crippen MR) is 85.5 cm³/mol. The van der Waals surface area contributed by atoms with Gasteiger partial charge in [0.15, 0.2) is 0 Å². The van der Waals surface area contributed by atoms with E-state index < -0.39 is 0 Å². The van der Waals surface area contributed by atoms with Crippen LogP contribution in [-0.2, 0) is 6.54 Å². The molecule has 1 aliphatic carbocycles. The molecule has 1 unspecified atom stereocenters. The highest BCUT2D eigenvalue weighted by Gasteiger charge is 2.24. The number of aliphatic hydroxyl groups is 1. The molecule has 0 aromatic carbocycles. The molecule has 0 bridgehead atoms. The molecule has 0 radical (unpaired) electrons. The lowest BCUT2D eigenvalue weighted by Crippen LogP contribution is -2.46. The number of amides is 2. The maximum atomic E-state index is 12.2. The van der Waals surface area contributed by atoms with E-state index in [1.54, 1.807) is 0 Å². The molecule has 2 amide bonds. The predicted octanol–water partition coefficient (Wildman–Crippen LogP) is 2.16. The maximum Gasteiger partial charge on any atom is 0.315 e. The monoisotopic (exact) mass is 308 g/mol. The molecule has 0 aliphatic heterocycles. The first-order chi connectivity index (χ1) is 10.6. The summed E-state index contributed by atoms with van der Waals surface area (Å²) in [6.07, 6.45) is 6.65. The minimum Gasteiger partial charge on any atom is -0.396 e. The van der Waals surface area contributed by atoms with Crippen LogP contribution in [0.4, 0.5) is 4.79 Å². The van der Waals surface area contributed by atoms with E-state index >= 15 is 0 Å². The maximum absolute atomic E-state index is 12.2. The molecule has 1 aromatic heterocycles. The fraction of sp³-hybridized carbons (Fsp3) is 0.750. The van der Waals surface area contributed by atoms with Crippen LogP contribution in [0.3, 0.4) is 0 Å². The van der Waals surface area contributed by atoms with Crippen LogP contribution in [-0.4, -0.2) is 34.0 Å². The van der Waals surface area contributed by atoms with Crippen molar-refractivity contribution in [1.29, 1.82) is 0 Å². The molecule has 6 heteroatoms. The van der Waals surface area contributed by atoms with Gasteiger partial charge in [-0.1, -0.05) is 19.3 Å². The third-order valence-electron chi connectivity index (χ3n) is 4.68. The largest absolute Gasteiger partial charge is 0.396 e. The van der Waals surface area contributed by atoms with Crippen molar-refractivity contribution in [2.24, 2.45) is 5.92 Å². The second kappa shape index (κ2) is 8.17. The van der Waals surface area contributed by atoms with Gasteiger partial charge in [-0.15, -0.1) is 0 Å². The van der Waals surface area contributed by atoms with Gasteiger partial charge in [0, 0.05) is 30.5 Å². The van der Waals surface area contributed by atoms with Crippen molar-refractivity contribution in [2.45, 2.75) is 65.0 Å². The molecule has 1 aromatic rings. The average molecular weight is 308 g/mol. The number of aryl methyl sites for hydroxylation is 2. The minimum absolute atomic E-state index is 0.0665. The van der Waals surface area contributed by atoms with Crippen LogP contribution in [0.15, 0.2) is 0 Å². The van der Waals surface area contributed by atoms with Crippen molar-refractivity contribution < 1.29 is 9.90 Å². The van der Waals surface area contributed by atoms with Crippen LogP contribution in [0.25, 0.3) is 0 Å². The van der Waals surface area contributed by atoms with Gasteiger partial charge in [0.1, 0.15) is 0 Å². The zero-order valence-electron chi connectivity index (χ0n) is 13.6. The number of aliphatic hydroxyl groups excluding tert-OH is 1. The summed E-state index contributed by atoms with van der Waals surface area (Å²) in [5, 5.41) is 22.2. The van der Waals surface area contributed by atoms with E-state index in [1.165, 1.54) is 19.3 Å². The standard InChI is InChI=1S/C16H28N4O2/c1-11-14(12(2)20-19-11)10-17-16(22)18-15(8-9-21)13-6-4-3-5-7-13/h13,15,21H,3-10H2,1-2H3,(H,19,20)(H2,17,18,22). The van der Waals surface area contributed by atoms with Crippen molar-refractivity contribution in [1.82, 2.24) is 20.8 Å². The number of hydrogen-bond donors (Lipinski definition) is 4. The summed E-state index contributed by atoms with van der Waals surface area (Å²) in [7, 11) is 0. The highest BCUT2D eigenvalue weighted by Crippen LogP contribution is 2.27. The number of aromatic amines is 1. The molecular formula is C16H28N4O2. The molecule has 0 saturated heterocycles. The molecule has 2 rings (SSSR count). The molecule has 1 fully saturated rings. The number of aromatic nitrogens is 2. The van der Waals surface area contributed by atoms with Crippen LogP contribution in [0.5, 0.6) is 0 Å². The number of rotatable bonds is 6. The fourth-order valence-corrected chi connectivity index (χ4v) is 3.32. The Labute approximate surface area is 132 Å². The Kier molecular flexibility index (Phi) is 6.24. The molecule has 22 heavy (non-hydrogen) atoms. The van der Waals surface area contributed by atoms with Crippen molar-refractivity contribution in [2.75, 3.05) is 6.61 Å². The second-order valence-corrected chi connectivity index (χ2v) is 6.26. The highest BCUT2D eigenvalue weighted by molar-refractivity contribution is 5.74. The number of nitrogens with one attached hydrogen (secondary N) is 3. The third kappa shape index (κ3) is 4.47. The Morgan fingerprint density at radius 1 is 1.36 bits per heavy atom. The fourth-order valence-electron chi connectivity index (χ4n) is 3.32. The zero-order chi connectivity index (χ0) is 15.9. The summed E-state index contributed by atoms with van der Waals surface area (Å²) in [6.45, 7) is 4.46. The van der Waals surface area contributed by atoms with Crippen LogP contribution in [0, 0.1) is 19.8 Å². The Bertz CT molecular complexity index is 461. The number of hydrogen-bond acceptors (Lipinski definition) is 3. The lowest BCUT2D eigenvalue weighted by atomic mass is 9.83. The van der Waals surface area contributed by atoms with E-state index in [2.05, 4.69) is 20.8 Å². The average Bonchev–Trinajstić information content (AvgIpc) is 2.84. The minimum atomic E-state index is -0.163. The van der Waals surface area contributed by atoms with Gasteiger partial charge in [-0.25, -0.2) is 4.79 Å². The van der Waals surface area contributed by atoms with Gasteiger partial charge < -0.3 is 15.7 Å². The van der Waals surface area contributed by atoms with Gasteiger partial charge in [0.25, 0.3) is 0 Å². The Hall–Kier alpha value is -1.56. The smallest absolute Gasteiger partial charge is 0.315 e. The summed E-state index contributed by atoms with van der Waals surface area (Å²) < 4.78 is 0. The number of carbonyl (C=O) groups is 1. The van der Waals surface area contributed by atoms with Crippen LogP contribution in [0.2, 0.25) is 0 Å². The van der Waals surface area contributed by atoms with E-state index in [4.69, 9.17) is 0 Å². The molecule has 1 heterocycles. The van der Waals surface area contributed by atoms with E-state index in [9.17, 15) is 9.90 Å². The molecule has 124 valence electrons. The number of urea groups is 1. The topological polar surface area (TPSA) is 90.0 Å². The van der Waals surface area contributed by atoms with Gasteiger partial charge in [0.2, 0.25) is 0 Å². The summed E-state index contributed by atoms with van der Waals surface area (Å²) >= 11 is 0.